The van der Waals surface area contributed by atoms with Crippen molar-refractivity contribution in [3.63, 3.8) is 0 Å². The van der Waals surface area contributed by atoms with Gasteiger partial charge in [-0.3, -0.25) is 9.48 Å². The second kappa shape index (κ2) is 9.30. The van der Waals surface area contributed by atoms with Crippen LogP contribution in [0.25, 0.3) is 6.08 Å². The highest BCUT2D eigenvalue weighted by Gasteiger charge is 2.23. The molecule has 0 saturated carbocycles. The van der Waals surface area contributed by atoms with Gasteiger partial charge in [0.1, 0.15) is 18.0 Å². The Hall–Kier alpha value is -3.55. The minimum atomic E-state index is 0.0451. The monoisotopic (exact) mass is 403 g/mol. The van der Waals surface area contributed by atoms with Crippen LogP contribution >= 0.6 is 0 Å². The van der Waals surface area contributed by atoms with Crippen molar-refractivity contribution in [3.05, 3.63) is 66.5 Å². The molecule has 3 aromatic rings. The molecule has 0 radical (unpaired) electrons. The average Bonchev–Trinajstić information content (AvgIpc) is 3.18. The molecule has 1 amide bonds. The number of amides is 1. The molecular weight excluding hydrogens is 378 g/mol. The van der Waals surface area contributed by atoms with E-state index in [-0.39, 0.29) is 5.91 Å². The fourth-order valence-electron chi connectivity index (χ4n) is 3.67. The molecule has 0 aliphatic carbocycles. The molecule has 1 N–H and O–H groups in total. The normalized spacial score (nSPS) is 16.7. The molecule has 3 aromatic heterocycles. The van der Waals surface area contributed by atoms with Crippen molar-refractivity contribution in [1.29, 1.82) is 0 Å². The highest BCUT2D eigenvalue weighted by atomic mass is 16.2. The van der Waals surface area contributed by atoms with Crippen molar-refractivity contribution in [1.82, 2.24) is 29.6 Å². The zero-order valence-electron chi connectivity index (χ0n) is 17.0. The van der Waals surface area contributed by atoms with E-state index in [4.69, 9.17) is 0 Å². The number of nitrogens with zero attached hydrogens (tertiary/aromatic N) is 6. The number of anilines is 2. The van der Waals surface area contributed by atoms with Crippen LogP contribution in [0.1, 0.15) is 24.1 Å². The first kappa shape index (κ1) is 19.8. The quantitative estimate of drug-likeness (QED) is 0.637. The van der Waals surface area contributed by atoms with Gasteiger partial charge < -0.3 is 10.2 Å². The van der Waals surface area contributed by atoms with Crippen LogP contribution in [0.4, 0.5) is 11.6 Å². The standard InChI is InChI=1S/C22H25N7O/c1-28-14-18(13-26-28)7-8-22(30)29-10-4-5-17(15-29)11-19-12-21(25-16-24-19)27-20-6-2-3-9-23-20/h2-3,6-9,12-14,16-17H,4-5,10-11,15H2,1H3,(H,23,24,25,27)/b8-7+/t17-/m1/s1. The third-order valence-electron chi connectivity index (χ3n) is 5.12. The van der Waals surface area contributed by atoms with Gasteiger partial charge in [0.2, 0.25) is 5.91 Å². The van der Waals surface area contributed by atoms with E-state index in [1.807, 2.05) is 48.5 Å². The van der Waals surface area contributed by atoms with Crippen LogP contribution in [-0.4, -0.2) is 48.6 Å². The maximum atomic E-state index is 12.6. The highest BCUT2D eigenvalue weighted by molar-refractivity contribution is 5.91. The van der Waals surface area contributed by atoms with E-state index in [1.54, 1.807) is 29.5 Å². The molecule has 0 aromatic carbocycles. The van der Waals surface area contributed by atoms with Crippen LogP contribution in [0.3, 0.4) is 0 Å². The van der Waals surface area contributed by atoms with E-state index >= 15 is 0 Å². The van der Waals surface area contributed by atoms with Gasteiger partial charge in [0.25, 0.3) is 0 Å². The summed E-state index contributed by atoms with van der Waals surface area (Å²) in [6.07, 6.45) is 13.3. The van der Waals surface area contributed by atoms with Gasteiger partial charge in [0.15, 0.2) is 0 Å². The van der Waals surface area contributed by atoms with Crippen molar-refractivity contribution in [2.45, 2.75) is 19.3 Å². The number of carbonyl (C=O) groups excluding carboxylic acids is 1. The Labute approximate surface area is 175 Å². The van der Waals surface area contributed by atoms with Gasteiger partial charge in [0.05, 0.1) is 6.20 Å². The van der Waals surface area contributed by atoms with Crippen molar-refractivity contribution >= 4 is 23.6 Å². The first-order chi connectivity index (χ1) is 14.7. The number of rotatable bonds is 6. The lowest BCUT2D eigenvalue weighted by molar-refractivity contribution is -0.127. The van der Waals surface area contributed by atoms with Crippen molar-refractivity contribution in [3.8, 4) is 0 Å². The molecule has 4 heterocycles. The molecule has 8 heteroatoms. The predicted octanol–water partition coefficient (Wildman–Crippen LogP) is 2.84. The Bertz CT molecular complexity index is 1020. The molecule has 1 atom stereocenters. The van der Waals surface area contributed by atoms with Crippen LogP contribution in [0.2, 0.25) is 0 Å². The number of hydrogen-bond acceptors (Lipinski definition) is 6. The van der Waals surface area contributed by atoms with Crippen molar-refractivity contribution in [2.24, 2.45) is 13.0 Å². The van der Waals surface area contributed by atoms with E-state index in [9.17, 15) is 4.79 Å². The summed E-state index contributed by atoms with van der Waals surface area (Å²) in [6, 6.07) is 7.65. The van der Waals surface area contributed by atoms with E-state index in [1.165, 1.54) is 0 Å². The fraction of sp³-hybridized carbons (Fsp3) is 0.318. The second-order valence-electron chi connectivity index (χ2n) is 7.51. The van der Waals surface area contributed by atoms with E-state index in [2.05, 4.69) is 25.4 Å². The average molecular weight is 403 g/mol. The van der Waals surface area contributed by atoms with Gasteiger partial charge in [-0.2, -0.15) is 5.10 Å². The summed E-state index contributed by atoms with van der Waals surface area (Å²) in [5.41, 5.74) is 1.89. The van der Waals surface area contributed by atoms with E-state index in [0.29, 0.717) is 5.92 Å². The summed E-state index contributed by atoms with van der Waals surface area (Å²) >= 11 is 0. The molecule has 1 aliphatic heterocycles. The van der Waals surface area contributed by atoms with Gasteiger partial charge in [-0.15, -0.1) is 0 Å². The number of pyridine rings is 1. The van der Waals surface area contributed by atoms with E-state index < -0.39 is 0 Å². The third-order valence-corrected chi connectivity index (χ3v) is 5.12. The van der Waals surface area contributed by atoms with Crippen LogP contribution in [-0.2, 0) is 18.3 Å². The molecule has 154 valence electrons. The Morgan fingerprint density at radius 2 is 2.20 bits per heavy atom. The number of aryl methyl sites for hydroxylation is 1. The molecule has 1 saturated heterocycles. The molecule has 30 heavy (non-hydrogen) atoms. The van der Waals surface area contributed by atoms with Crippen LogP contribution in [0, 0.1) is 5.92 Å². The molecule has 1 fully saturated rings. The third kappa shape index (κ3) is 5.28. The number of nitrogens with one attached hydrogen (secondary N) is 1. The Morgan fingerprint density at radius 3 is 3.00 bits per heavy atom. The number of carbonyl (C=O) groups is 1. The lowest BCUT2D eigenvalue weighted by Crippen LogP contribution is -2.39. The smallest absolute Gasteiger partial charge is 0.246 e. The van der Waals surface area contributed by atoms with Gasteiger partial charge in [-0.25, -0.2) is 15.0 Å². The lowest BCUT2D eigenvalue weighted by atomic mass is 9.93. The maximum Gasteiger partial charge on any atom is 0.246 e. The SMILES string of the molecule is Cn1cc(/C=C/C(=O)N2CCC[C@H](Cc3cc(Nc4ccccn4)ncn3)C2)cn1. The van der Waals surface area contributed by atoms with Crippen LogP contribution < -0.4 is 5.32 Å². The van der Waals surface area contributed by atoms with E-state index in [0.717, 1.165) is 55.2 Å². The number of piperidine rings is 1. The molecule has 0 bridgehead atoms. The van der Waals surface area contributed by atoms with Gasteiger partial charge in [-0.1, -0.05) is 6.07 Å². The molecule has 0 unspecified atom stereocenters. The molecule has 8 nitrogen and oxygen atoms in total. The predicted molar refractivity (Wildman–Crippen MR) is 115 cm³/mol. The summed E-state index contributed by atoms with van der Waals surface area (Å²) in [4.78, 5) is 27.5. The Morgan fingerprint density at radius 1 is 1.27 bits per heavy atom. The summed E-state index contributed by atoms with van der Waals surface area (Å²) in [6.45, 7) is 1.53. The number of likely N-dealkylation sites (tertiary alicyclic amines) is 1. The summed E-state index contributed by atoms with van der Waals surface area (Å²) < 4.78 is 1.72. The molecule has 1 aliphatic rings. The van der Waals surface area contributed by atoms with Crippen molar-refractivity contribution in [2.75, 3.05) is 18.4 Å². The highest BCUT2D eigenvalue weighted by Crippen LogP contribution is 2.22. The topological polar surface area (TPSA) is 88.8 Å². The summed E-state index contributed by atoms with van der Waals surface area (Å²) in [5.74, 6) is 1.90. The minimum Gasteiger partial charge on any atom is -0.339 e. The molecule has 4 rings (SSSR count). The fourth-order valence-corrected chi connectivity index (χ4v) is 3.67. The zero-order chi connectivity index (χ0) is 20.8. The zero-order valence-corrected chi connectivity index (χ0v) is 17.0. The van der Waals surface area contributed by atoms with Crippen LogP contribution in [0.5, 0.6) is 0 Å². The number of aromatic nitrogens is 5. The summed E-state index contributed by atoms with van der Waals surface area (Å²) in [7, 11) is 1.86. The van der Waals surface area contributed by atoms with Gasteiger partial charge in [-0.05, 0) is 43.4 Å². The molecule has 0 spiro atoms. The minimum absolute atomic E-state index is 0.0451. The Kier molecular flexibility index (Phi) is 6.12. The number of hydrogen-bond donors (Lipinski definition) is 1. The largest absolute Gasteiger partial charge is 0.339 e. The second-order valence-corrected chi connectivity index (χ2v) is 7.51. The van der Waals surface area contributed by atoms with Gasteiger partial charge in [0, 0.05) is 55.9 Å². The first-order valence-corrected chi connectivity index (χ1v) is 10.1. The Balaban J connectivity index is 1.35. The molecular formula is C22H25N7O. The summed E-state index contributed by atoms with van der Waals surface area (Å²) in [5, 5.41) is 7.32. The lowest BCUT2D eigenvalue weighted by Gasteiger charge is -2.32. The first-order valence-electron chi connectivity index (χ1n) is 10.1. The van der Waals surface area contributed by atoms with Gasteiger partial charge >= 0.3 is 0 Å². The van der Waals surface area contributed by atoms with Crippen molar-refractivity contribution < 1.29 is 4.79 Å². The van der Waals surface area contributed by atoms with Crippen LogP contribution in [0.15, 0.2) is 55.3 Å². The maximum absolute atomic E-state index is 12.6.